The molecule has 0 aliphatic heterocycles. The van der Waals surface area contributed by atoms with Gasteiger partial charge in [-0.05, 0) is 25.5 Å². The van der Waals surface area contributed by atoms with Crippen molar-refractivity contribution in [3.05, 3.63) is 28.0 Å². The van der Waals surface area contributed by atoms with Crippen molar-refractivity contribution in [1.29, 1.82) is 0 Å². The zero-order chi connectivity index (χ0) is 13.0. The molecule has 1 aromatic carbocycles. The largest absolute Gasteiger partial charge is 0.393 e. The van der Waals surface area contributed by atoms with Crippen LogP contribution in [0.4, 0.5) is 10.1 Å². The fraction of sp³-hybridized carbons (Fsp3) is 0.364. The van der Waals surface area contributed by atoms with Crippen molar-refractivity contribution in [2.24, 2.45) is 0 Å². The van der Waals surface area contributed by atoms with E-state index in [9.17, 15) is 9.18 Å². The topological polar surface area (TPSA) is 49.3 Å². The average molecular weight is 280 g/mol. The van der Waals surface area contributed by atoms with E-state index >= 15 is 0 Å². The van der Waals surface area contributed by atoms with Crippen LogP contribution >= 0.6 is 23.2 Å². The van der Waals surface area contributed by atoms with Crippen LogP contribution in [0.5, 0.6) is 0 Å². The lowest BCUT2D eigenvalue weighted by molar-refractivity contribution is -0.116. The number of rotatable bonds is 4. The Balaban J connectivity index is 2.72. The minimum Gasteiger partial charge on any atom is -0.393 e. The number of aliphatic hydroxyl groups is 1. The van der Waals surface area contributed by atoms with Crippen molar-refractivity contribution in [3.63, 3.8) is 0 Å². The molecule has 6 heteroatoms. The van der Waals surface area contributed by atoms with E-state index in [4.69, 9.17) is 28.3 Å². The minimum absolute atomic E-state index is 0.0420. The van der Waals surface area contributed by atoms with E-state index in [2.05, 4.69) is 5.32 Å². The third kappa shape index (κ3) is 4.50. The predicted octanol–water partition coefficient (Wildman–Crippen LogP) is 3.23. The lowest BCUT2D eigenvalue weighted by Gasteiger charge is -2.10. The SMILES string of the molecule is CC(O)CCC(=O)Nc1c(Cl)cc(F)cc1Cl. The van der Waals surface area contributed by atoms with E-state index in [1.807, 2.05) is 0 Å². The first-order valence-corrected chi connectivity index (χ1v) is 5.78. The van der Waals surface area contributed by atoms with Crippen LogP contribution < -0.4 is 5.32 Å². The standard InChI is InChI=1S/C11H12Cl2FNO2/c1-6(16)2-3-10(17)15-11-8(12)4-7(14)5-9(11)13/h4-6,16H,2-3H2,1H3,(H,15,17). The molecule has 0 saturated heterocycles. The summed E-state index contributed by atoms with van der Waals surface area (Å²) in [4.78, 5) is 11.5. The summed E-state index contributed by atoms with van der Waals surface area (Å²) >= 11 is 11.5. The lowest BCUT2D eigenvalue weighted by Crippen LogP contribution is -2.14. The van der Waals surface area contributed by atoms with E-state index in [1.54, 1.807) is 6.92 Å². The van der Waals surface area contributed by atoms with Crippen LogP contribution in [0.2, 0.25) is 10.0 Å². The van der Waals surface area contributed by atoms with E-state index in [0.717, 1.165) is 12.1 Å². The summed E-state index contributed by atoms with van der Waals surface area (Å²) in [5.41, 5.74) is 0.185. The Bertz CT molecular complexity index is 401. The van der Waals surface area contributed by atoms with Crippen molar-refractivity contribution >= 4 is 34.8 Å². The molecule has 3 nitrogen and oxygen atoms in total. The summed E-state index contributed by atoms with van der Waals surface area (Å²) in [7, 11) is 0. The van der Waals surface area contributed by atoms with Crippen LogP contribution in [-0.2, 0) is 4.79 Å². The molecule has 1 rings (SSSR count). The van der Waals surface area contributed by atoms with E-state index in [-0.39, 0.29) is 28.1 Å². The van der Waals surface area contributed by atoms with Gasteiger partial charge in [-0.3, -0.25) is 4.79 Å². The monoisotopic (exact) mass is 279 g/mol. The number of halogens is 3. The molecule has 0 fully saturated rings. The number of carbonyl (C=O) groups is 1. The molecule has 0 aliphatic rings. The molecule has 17 heavy (non-hydrogen) atoms. The number of benzene rings is 1. The first-order chi connectivity index (χ1) is 7.90. The molecule has 0 spiro atoms. The fourth-order valence-electron chi connectivity index (χ4n) is 1.20. The van der Waals surface area contributed by atoms with Gasteiger partial charge in [-0.15, -0.1) is 0 Å². The van der Waals surface area contributed by atoms with E-state index in [0.29, 0.717) is 6.42 Å². The van der Waals surface area contributed by atoms with Crippen LogP contribution in [0.25, 0.3) is 0 Å². The molecule has 1 amide bonds. The van der Waals surface area contributed by atoms with Gasteiger partial charge >= 0.3 is 0 Å². The molecule has 1 aromatic rings. The molecule has 0 aliphatic carbocycles. The Labute approximate surface area is 109 Å². The molecule has 0 bridgehead atoms. The smallest absolute Gasteiger partial charge is 0.224 e. The zero-order valence-electron chi connectivity index (χ0n) is 9.14. The minimum atomic E-state index is -0.568. The second kappa shape index (κ2) is 6.19. The van der Waals surface area contributed by atoms with Crippen LogP contribution in [0.15, 0.2) is 12.1 Å². The summed E-state index contributed by atoms with van der Waals surface area (Å²) in [6, 6.07) is 2.13. The summed E-state index contributed by atoms with van der Waals surface area (Å²) < 4.78 is 12.9. The summed E-state index contributed by atoms with van der Waals surface area (Å²) in [5.74, 6) is -0.900. The number of hydrogen-bond donors (Lipinski definition) is 2. The lowest BCUT2D eigenvalue weighted by atomic mass is 10.2. The van der Waals surface area contributed by atoms with Gasteiger partial charge in [0.05, 0.1) is 21.8 Å². The highest BCUT2D eigenvalue weighted by Crippen LogP contribution is 2.31. The second-order valence-corrected chi connectivity index (χ2v) is 4.49. The van der Waals surface area contributed by atoms with Crippen molar-refractivity contribution in [2.75, 3.05) is 5.32 Å². The summed E-state index contributed by atoms with van der Waals surface area (Å²) in [6.45, 7) is 1.59. The third-order valence-corrected chi connectivity index (χ3v) is 2.66. The Morgan fingerprint density at radius 1 is 1.47 bits per heavy atom. The van der Waals surface area contributed by atoms with E-state index in [1.165, 1.54) is 0 Å². The predicted molar refractivity (Wildman–Crippen MR) is 66.0 cm³/mol. The quantitative estimate of drug-likeness (QED) is 0.889. The number of hydrogen-bond acceptors (Lipinski definition) is 2. The van der Waals surface area contributed by atoms with Crippen LogP contribution in [-0.4, -0.2) is 17.1 Å². The number of nitrogens with one attached hydrogen (secondary N) is 1. The van der Waals surface area contributed by atoms with Gasteiger partial charge in [-0.2, -0.15) is 0 Å². The molecule has 2 N–H and O–H groups in total. The van der Waals surface area contributed by atoms with Gasteiger partial charge in [0.1, 0.15) is 5.82 Å². The molecule has 1 unspecified atom stereocenters. The average Bonchev–Trinajstić information content (AvgIpc) is 2.20. The maximum Gasteiger partial charge on any atom is 0.224 e. The van der Waals surface area contributed by atoms with Crippen LogP contribution in [0.1, 0.15) is 19.8 Å². The van der Waals surface area contributed by atoms with Crippen LogP contribution in [0.3, 0.4) is 0 Å². The molecule has 0 aromatic heterocycles. The Hall–Kier alpha value is -0.840. The Morgan fingerprint density at radius 2 is 2.00 bits per heavy atom. The maximum absolute atomic E-state index is 12.9. The third-order valence-electron chi connectivity index (χ3n) is 2.06. The van der Waals surface area contributed by atoms with Gasteiger partial charge in [-0.25, -0.2) is 4.39 Å². The number of aliphatic hydroxyl groups excluding tert-OH is 1. The van der Waals surface area contributed by atoms with E-state index < -0.39 is 11.9 Å². The number of anilines is 1. The van der Waals surface area contributed by atoms with Crippen molar-refractivity contribution in [2.45, 2.75) is 25.9 Å². The van der Waals surface area contributed by atoms with Crippen molar-refractivity contribution in [3.8, 4) is 0 Å². The van der Waals surface area contributed by atoms with Crippen LogP contribution in [0, 0.1) is 5.82 Å². The molecule has 0 saturated carbocycles. The molecule has 0 heterocycles. The van der Waals surface area contributed by atoms with Gasteiger partial charge < -0.3 is 10.4 Å². The molecular weight excluding hydrogens is 268 g/mol. The van der Waals surface area contributed by atoms with Crippen molar-refractivity contribution < 1.29 is 14.3 Å². The molecule has 0 radical (unpaired) electrons. The van der Waals surface area contributed by atoms with Gasteiger partial charge in [0.25, 0.3) is 0 Å². The highest BCUT2D eigenvalue weighted by molar-refractivity contribution is 6.39. The van der Waals surface area contributed by atoms with Gasteiger partial charge in [0, 0.05) is 6.42 Å². The first-order valence-electron chi connectivity index (χ1n) is 5.02. The molecular formula is C11H12Cl2FNO2. The Kier molecular flexibility index (Phi) is 5.18. The molecule has 94 valence electrons. The van der Waals surface area contributed by atoms with Crippen molar-refractivity contribution in [1.82, 2.24) is 0 Å². The number of amides is 1. The highest BCUT2D eigenvalue weighted by Gasteiger charge is 2.12. The van der Waals surface area contributed by atoms with Gasteiger partial charge in [0.15, 0.2) is 0 Å². The Morgan fingerprint density at radius 3 is 2.47 bits per heavy atom. The number of carbonyl (C=O) groups excluding carboxylic acids is 1. The van der Waals surface area contributed by atoms with Gasteiger partial charge in [-0.1, -0.05) is 23.2 Å². The second-order valence-electron chi connectivity index (χ2n) is 3.68. The first kappa shape index (κ1) is 14.2. The highest BCUT2D eigenvalue weighted by atomic mass is 35.5. The summed E-state index contributed by atoms with van der Waals surface area (Å²) in [6.07, 6.45) is -0.0795. The zero-order valence-corrected chi connectivity index (χ0v) is 10.6. The fourth-order valence-corrected chi connectivity index (χ4v) is 1.76. The normalized spacial score (nSPS) is 12.3. The van der Waals surface area contributed by atoms with Gasteiger partial charge in [0.2, 0.25) is 5.91 Å². The molecule has 1 atom stereocenters. The summed E-state index contributed by atoms with van der Waals surface area (Å²) in [5, 5.41) is 11.6. The maximum atomic E-state index is 12.9.